The average molecular weight is 315 g/mol. The van der Waals surface area contributed by atoms with Crippen molar-refractivity contribution in [2.24, 2.45) is 10.8 Å². The molecule has 0 aliphatic carbocycles. The molecule has 0 saturated carbocycles. The standard InChI is InChI=1S/C20H42O2/c1-19(2,3)16-14-12-10-8-6-7-9-11-13-15-17-20(4,5)18(21)22/h18,21-22H,6-17H2,1-5H3. The molecule has 0 spiro atoms. The van der Waals surface area contributed by atoms with Gasteiger partial charge in [0, 0.05) is 5.41 Å². The molecule has 0 unspecified atom stereocenters. The Morgan fingerprint density at radius 1 is 0.545 bits per heavy atom. The van der Waals surface area contributed by atoms with Gasteiger partial charge in [-0.05, 0) is 18.3 Å². The van der Waals surface area contributed by atoms with Crippen molar-refractivity contribution in [3.05, 3.63) is 0 Å². The number of aliphatic hydroxyl groups excluding tert-OH is 1. The van der Waals surface area contributed by atoms with Crippen molar-refractivity contribution in [3.63, 3.8) is 0 Å². The minimum absolute atomic E-state index is 0.354. The van der Waals surface area contributed by atoms with Gasteiger partial charge >= 0.3 is 0 Å². The lowest BCUT2D eigenvalue weighted by Crippen LogP contribution is -2.28. The van der Waals surface area contributed by atoms with E-state index in [0.717, 1.165) is 12.8 Å². The first-order chi connectivity index (χ1) is 10.2. The summed E-state index contributed by atoms with van der Waals surface area (Å²) in [6, 6.07) is 0. The van der Waals surface area contributed by atoms with Crippen LogP contribution in [0.5, 0.6) is 0 Å². The molecule has 0 heterocycles. The maximum absolute atomic E-state index is 9.24. The van der Waals surface area contributed by atoms with E-state index in [0.29, 0.717) is 5.41 Å². The van der Waals surface area contributed by atoms with Gasteiger partial charge in [-0.3, -0.25) is 0 Å². The molecule has 2 N–H and O–H groups in total. The Balaban J connectivity index is 3.25. The average Bonchev–Trinajstić information content (AvgIpc) is 2.38. The van der Waals surface area contributed by atoms with Crippen LogP contribution in [0.1, 0.15) is 112 Å². The number of hydrogen-bond acceptors (Lipinski definition) is 2. The first-order valence-corrected chi connectivity index (χ1v) is 9.51. The fourth-order valence-electron chi connectivity index (χ4n) is 2.78. The molecule has 2 nitrogen and oxygen atoms in total. The topological polar surface area (TPSA) is 40.5 Å². The summed E-state index contributed by atoms with van der Waals surface area (Å²) in [5.41, 5.74) is 0.147. The second kappa shape index (κ2) is 11.5. The molecule has 0 rings (SSSR count). The second-order valence-electron chi connectivity index (χ2n) is 8.96. The van der Waals surface area contributed by atoms with Crippen molar-refractivity contribution in [2.45, 2.75) is 118 Å². The highest BCUT2D eigenvalue weighted by Crippen LogP contribution is 2.27. The third kappa shape index (κ3) is 13.6. The van der Waals surface area contributed by atoms with Crippen LogP contribution in [0.25, 0.3) is 0 Å². The van der Waals surface area contributed by atoms with Crippen LogP contribution in [0.4, 0.5) is 0 Å². The third-order valence-corrected chi connectivity index (χ3v) is 4.70. The highest BCUT2D eigenvalue weighted by molar-refractivity contribution is 4.70. The predicted molar refractivity (Wildman–Crippen MR) is 96.9 cm³/mol. The Hall–Kier alpha value is -0.0800. The lowest BCUT2D eigenvalue weighted by molar-refractivity contribution is -0.124. The van der Waals surface area contributed by atoms with Crippen molar-refractivity contribution >= 4 is 0 Å². The highest BCUT2D eigenvalue weighted by Gasteiger charge is 2.24. The van der Waals surface area contributed by atoms with Crippen LogP contribution in [0.2, 0.25) is 0 Å². The Morgan fingerprint density at radius 3 is 1.18 bits per heavy atom. The number of rotatable bonds is 13. The molecule has 0 fully saturated rings. The fraction of sp³-hybridized carbons (Fsp3) is 1.00. The molecule has 22 heavy (non-hydrogen) atoms. The van der Waals surface area contributed by atoms with E-state index in [1.54, 1.807) is 0 Å². The first-order valence-electron chi connectivity index (χ1n) is 9.51. The minimum atomic E-state index is -1.19. The summed E-state index contributed by atoms with van der Waals surface area (Å²) in [5, 5.41) is 18.5. The predicted octanol–water partition coefficient (Wildman–Crippen LogP) is 6.05. The Bertz CT molecular complexity index is 251. The van der Waals surface area contributed by atoms with E-state index < -0.39 is 6.29 Å². The lowest BCUT2D eigenvalue weighted by Gasteiger charge is -2.26. The molecule has 0 radical (unpaired) electrons. The summed E-state index contributed by atoms with van der Waals surface area (Å²) >= 11 is 0. The highest BCUT2D eigenvalue weighted by atomic mass is 16.5. The van der Waals surface area contributed by atoms with Crippen molar-refractivity contribution in [2.75, 3.05) is 0 Å². The maximum Gasteiger partial charge on any atom is 0.156 e. The normalized spacial score (nSPS) is 13.1. The smallest absolute Gasteiger partial charge is 0.156 e. The minimum Gasteiger partial charge on any atom is -0.368 e. The van der Waals surface area contributed by atoms with Crippen LogP contribution < -0.4 is 0 Å². The molecule has 0 aliphatic heterocycles. The molecule has 2 heteroatoms. The second-order valence-corrected chi connectivity index (χ2v) is 8.96. The van der Waals surface area contributed by atoms with Gasteiger partial charge in [0.25, 0.3) is 0 Å². The summed E-state index contributed by atoms with van der Waals surface area (Å²) in [4.78, 5) is 0. The molecule has 0 saturated heterocycles. The van der Waals surface area contributed by atoms with Gasteiger partial charge in [0.1, 0.15) is 0 Å². The molecule has 0 aliphatic rings. The van der Waals surface area contributed by atoms with Crippen LogP contribution in [-0.4, -0.2) is 16.5 Å². The van der Waals surface area contributed by atoms with Crippen LogP contribution in [0.15, 0.2) is 0 Å². The third-order valence-electron chi connectivity index (χ3n) is 4.70. The Labute approximate surface area is 139 Å². The molecule has 0 aromatic carbocycles. The number of unbranched alkanes of at least 4 members (excludes halogenated alkanes) is 9. The van der Waals surface area contributed by atoms with Crippen molar-refractivity contribution in [3.8, 4) is 0 Å². The summed E-state index contributed by atoms with van der Waals surface area (Å²) < 4.78 is 0. The zero-order chi connectivity index (χ0) is 17.1. The maximum atomic E-state index is 9.24. The Kier molecular flexibility index (Phi) is 11.4. The molecular weight excluding hydrogens is 272 g/mol. The van der Waals surface area contributed by atoms with Crippen molar-refractivity contribution in [1.29, 1.82) is 0 Å². The SMILES string of the molecule is CC(C)(C)CCCCCCCCCCCCC(C)(C)C(O)O. The van der Waals surface area contributed by atoms with Crippen molar-refractivity contribution in [1.82, 2.24) is 0 Å². The van der Waals surface area contributed by atoms with Crippen molar-refractivity contribution < 1.29 is 10.2 Å². The summed E-state index contributed by atoms with van der Waals surface area (Å²) in [7, 11) is 0. The van der Waals surface area contributed by atoms with E-state index in [1.165, 1.54) is 64.2 Å². The van der Waals surface area contributed by atoms with Gasteiger partial charge in [-0.25, -0.2) is 0 Å². The molecule has 0 bridgehead atoms. The largest absolute Gasteiger partial charge is 0.368 e. The van der Waals surface area contributed by atoms with Gasteiger partial charge < -0.3 is 10.2 Å². The lowest BCUT2D eigenvalue weighted by atomic mass is 9.86. The summed E-state index contributed by atoms with van der Waals surface area (Å²) in [6.45, 7) is 10.8. The molecule has 0 aromatic rings. The van der Waals surface area contributed by atoms with E-state index in [2.05, 4.69) is 20.8 Å². The molecular formula is C20H42O2. The summed E-state index contributed by atoms with van der Waals surface area (Å²) in [6.07, 6.45) is 14.4. The van der Waals surface area contributed by atoms with E-state index in [9.17, 15) is 10.2 Å². The van der Waals surface area contributed by atoms with Gasteiger partial charge in [-0.2, -0.15) is 0 Å². The van der Waals surface area contributed by atoms with E-state index >= 15 is 0 Å². The van der Waals surface area contributed by atoms with Gasteiger partial charge in [-0.1, -0.05) is 98.8 Å². The molecule has 0 atom stereocenters. The molecule has 0 amide bonds. The Morgan fingerprint density at radius 2 is 0.864 bits per heavy atom. The van der Waals surface area contributed by atoms with E-state index in [1.807, 2.05) is 13.8 Å². The van der Waals surface area contributed by atoms with Crippen LogP contribution in [0, 0.1) is 10.8 Å². The quantitative estimate of drug-likeness (QED) is 0.321. The fourth-order valence-corrected chi connectivity index (χ4v) is 2.78. The van der Waals surface area contributed by atoms with Crippen LogP contribution in [-0.2, 0) is 0 Å². The first kappa shape index (κ1) is 21.9. The van der Waals surface area contributed by atoms with Gasteiger partial charge in [0.15, 0.2) is 6.29 Å². The van der Waals surface area contributed by atoms with Gasteiger partial charge in [0.05, 0.1) is 0 Å². The number of aliphatic hydroxyl groups is 2. The van der Waals surface area contributed by atoms with Crippen LogP contribution in [0.3, 0.4) is 0 Å². The summed E-state index contributed by atoms with van der Waals surface area (Å²) in [5.74, 6) is 0. The molecule has 0 aromatic heterocycles. The van der Waals surface area contributed by atoms with Gasteiger partial charge in [0.2, 0.25) is 0 Å². The van der Waals surface area contributed by atoms with Crippen LogP contribution >= 0.6 is 0 Å². The molecule has 134 valence electrons. The zero-order valence-electron chi connectivity index (χ0n) is 16.0. The number of hydrogen-bond donors (Lipinski definition) is 2. The van der Waals surface area contributed by atoms with E-state index in [4.69, 9.17) is 0 Å². The zero-order valence-corrected chi connectivity index (χ0v) is 16.0. The monoisotopic (exact) mass is 314 g/mol. The van der Waals surface area contributed by atoms with E-state index in [-0.39, 0.29) is 5.41 Å². The van der Waals surface area contributed by atoms with Gasteiger partial charge in [-0.15, -0.1) is 0 Å².